The van der Waals surface area contributed by atoms with Crippen LogP contribution in [0.1, 0.15) is 64.1 Å². The molecule has 0 unspecified atom stereocenters. The van der Waals surface area contributed by atoms with Crippen molar-refractivity contribution in [2.24, 2.45) is 0 Å². The number of aromatic nitrogens is 4. The zero-order valence-corrected chi connectivity index (χ0v) is 20.9. The van der Waals surface area contributed by atoms with Crippen LogP contribution in [0.5, 0.6) is 0 Å². The maximum absolute atomic E-state index is 12.1. The molecule has 0 aliphatic carbocycles. The van der Waals surface area contributed by atoms with E-state index in [0.29, 0.717) is 25.3 Å². The Balaban J connectivity index is 1.51. The average molecular weight is 465 g/mol. The Morgan fingerprint density at radius 2 is 1.85 bits per heavy atom. The molecule has 0 aromatic carbocycles. The van der Waals surface area contributed by atoms with Gasteiger partial charge in [0, 0.05) is 30.8 Å². The minimum absolute atomic E-state index is 0.0237. The lowest BCUT2D eigenvalue weighted by atomic mass is 9.79. The van der Waals surface area contributed by atoms with E-state index >= 15 is 0 Å². The van der Waals surface area contributed by atoms with Crippen molar-refractivity contribution in [1.82, 2.24) is 25.1 Å². The van der Waals surface area contributed by atoms with Crippen LogP contribution in [-0.4, -0.2) is 63.1 Å². The van der Waals surface area contributed by atoms with Crippen LogP contribution in [0.4, 0.5) is 5.82 Å². The van der Waals surface area contributed by atoms with Crippen LogP contribution in [0.15, 0.2) is 18.6 Å². The smallest absolute Gasteiger partial charge is 0.399 e. The summed E-state index contributed by atoms with van der Waals surface area (Å²) >= 11 is 0. The third-order valence-corrected chi connectivity index (χ3v) is 6.92. The number of hydrogen-bond donors (Lipinski definition) is 1. The molecule has 0 radical (unpaired) electrons. The molecular formula is C23H32BN7O3. The SMILES string of the molecule is Cc1nn(C2(CC#N)CN(c3cnc(C(=O)NC(C)C)cn3)C2)cc1B1OC(C)(C)C(C)(C)O1. The number of carbonyl (C=O) groups is 1. The molecule has 180 valence electrons. The molecule has 0 saturated carbocycles. The molecule has 2 aliphatic rings. The second-order valence-electron chi connectivity index (χ2n) is 10.5. The summed E-state index contributed by atoms with van der Waals surface area (Å²) in [5, 5.41) is 17.1. The maximum Gasteiger partial charge on any atom is 0.498 e. The molecule has 4 heterocycles. The third-order valence-electron chi connectivity index (χ3n) is 6.92. The number of rotatable bonds is 6. The molecule has 10 nitrogen and oxygen atoms in total. The summed E-state index contributed by atoms with van der Waals surface area (Å²) in [4.78, 5) is 22.8. The third kappa shape index (κ3) is 4.16. The van der Waals surface area contributed by atoms with Gasteiger partial charge in [0.2, 0.25) is 0 Å². The quantitative estimate of drug-likeness (QED) is 0.639. The largest absolute Gasteiger partial charge is 0.498 e. The summed E-state index contributed by atoms with van der Waals surface area (Å²) < 4.78 is 14.3. The molecule has 1 amide bonds. The molecule has 2 aromatic heterocycles. The molecule has 0 bridgehead atoms. The van der Waals surface area contributed by atoms with Gasteiger partial charge < -0.3 is 19.5 Å². The van der Waals surface area contributed by atoms with E-state index in [0.717, 1.165) is 11.2 Å². The second kappa shape index (κ2) is 8.36. The van der Waals surface area contributed by atoms with E-state index in [1.54, 1.807) is 6.20 Å². The number of aryl methyl sites for hydroxylation is 1. The van der Waals surface area contributed by atoms with E-state index in [1.807, 2.05) is 64.2 Å². The molecule has 0 spiro atoms. The van der Waals surface area contributed by atoms with Crippen molar-refractivity contribution in [3.8, 4) is 6.07 Å². The Morgan fingerprint density at radius 3 is 2.38 bits per heavy atom. The Kier molecular flexibility index (Phi) is 5.94. The van der Waals surface area contributed by atoms with E-state index in [2.05, 4.69) is 21.4 Å². The summed E-state index contributed by atoms with van der Waals surface area (Å²) in [5.74, 6) is 0.406. The Labute approximate surface area is 200 Å². The molecule has 2 aromatic rings. The van der Waals surface area contributed by atoms with Crippen molar-refractivity contribution in [3.05, 3.63) is 30.0 Å². The molecule has 11 heteroatoms. The van der Waals surface area contributed by atoms with Gasteiger partial charge in [0.05, 0.1) is 41.8 Å². The zero-order valence-electron chi connectivity index (χ0n) is 20.9. The number of nitrogens with one attached hydrogen (secondary N) is 1. The Hall–Kier alpha value is -2.97. The predicted molar refractivity (Wildman–Crippen MR) is 128 cm³/mol. The van der Waals surface area contributed by atoms with Gasteiger partial charge in [-0.2, -0.15) is 10.4 Å². The molecule has 2 fully saturated rings. The fourth-order valence-electron chi connectivity index (χ4n) is 4.17. The van der Waals surface area contributed by atoms with Gasteiger partial charge in [0.15, 0.2) is 0 Å². The number of nitriles is 1. The van der Waals surface area contributed by atoms with Crippen molar-refractivity contribution in [3.63, 3.8) is 0 Å². The minimum Gasteiger partial charge on any atom is -0.399 e. The van der Waals surface area contributed by atoms with E-state index in [-0.39, 0.29) is 17.6 Å². The van der Waals surface area contributed by atoms with Gasteiger partial charge >= 0.3 is 7.12 Å². The van der Waals surface area contributed by atoms with Gasteiger partial charge in [0.1, 0.15) is 17.1 Å². The summed E-state index contributed by atoms with van der Waals surface area (Å²) in [6.07, 6.45) is 5.31. The first-order valence-electron chi connectivity index (χ1n) is 11.5. The highest BCUT2D eigenvalue weighted by Crippen LogP contribution is 2.38. The lowest BCUT2D eigenvalue weighted by molar-refractivity contribution is 0.00578. The number of carbonyl (C=O) groups excluding carboxylic acids is 1. The summed E-state index contributed by atoms with van der Waals surface area (Å²) in [5.41, 5.74) is 0.582. The maximum atomic E-state index is 12.1. The fraction of sp³-hybridized carbons (Fsp3) is 0.609. The molecule has 2 saturated heterocycles. The van der Waals surface area contributed by atoms with Crippen LogP contribution >= 0.6 is 0 Å². The van der Waals surface area contributed by atoms with Crippen LogP contribution in [0.3, 0.4) is 0 Å². The van der Waals surface area contributed by atoms with Gasteiger partial charge in [-0.15, -0.1) is 0 Å². The monoisotopic (exact) mass is 465 g/mol. The standard InChI is InChI=1S/C23H32BN7O3/c1-15(2)28-20(32)18-10-27-19(11-26-18)30-13-23(14-30,8-9-25)31-12-17(16(3)29-31)24-33-21(4,5)22(6,7)34-24/h10-12,15H,8,13-14H2,1-7H3,(H,28,32). The van der Waals surface area contributed by atoms with E-state index in [1.165, 1.54) is 6.20 Å². The highest BCUT2D eigenvalue weighted by atomic mass is 16.7. The Bertz CT molecular complexity index is 1100. The van der Waals surface area contributed by atoms with Gasteiger partial charge in [-0.25, -0.2) is 9.97 Å². The van der Waals surface area contributed by atoms with E-state index in [9.17, 15) is 10.1 Å². The highest BCUT2D eigenvalue weighted by molar-refractivity contribution is 6.62. The van der Waals surface area contributed by atoms with E-state index < -0.39 is 23.9 Å². The molecule has 4 rings (SSSR count). The van der Waals surface area contributed by atoms with Gasteiger partial charge in [-0.05, 0) is 48.5 Å². The molecule has 34 heavy (non-hydrogen) atoms. The minimum atomic E-state index is -0.510. The predicted octanol–water partition coefficient (Wildman–Crippen LogP) is 1.55. The number of nitrogens with zero attached hydrogens (tertiary/aromatic N) is 6. The molecule has 1 N–H and O–H groups in total. The van der Waals surface area contributed by atoms with Crippen molar-refractivity contribution in [2.45, 2.75) is 77.7 Å². The lowest BCUT2D eigenvalue weighted by Gasteiger charge is -2.49. The highest BCUT2D eigenvalue weighted by Gasteiger charge is 2.53. The van der Waals surface area contributed by atoms with E-state index in [4.69, 9.17) is 14.4 Å². The van der Waals surface area contributed by atoms with Gasteiger partial charge in [-0.3, -0.25) is 9.48 Å². The number of anilines is 1. The van der Waals surface area contributed by atoms with Crippen molar-refractivity contribution < 1.29 is 14.1 Å². The first-order valence-corrected chi connectivity index (χ1v) is 11.5. The molecule has 2 aliphatic heterocycles. The summed E-state index contributed by atoms with van der Waals surface area (Å²) in [6.45, 7) is 14.9. The van der Waals surface area contributed by atoms with Gasteiger partial charge in [-0.1, -0.05) is 0 Å². The summed E-state index contributed by atoms with van der Waals surface area (Å²) in [6, 6.07) is 2.33. The van der Waals surface area contributed by atoms with Crippen molar-refractivity contribution in [2.75, 3.05) is 18.0 Å². The van der Waals surface area contributed by atoms with Crippen LogP contribution in [0.25, 0.3) is 0 Å². The molecule has 0 atom stereocenters. The van der Waals surface area contributed by atoms with Crippen LogP contribution in [0.2, 0.25) is 0 Å². The molecular weight excluding hydrogens is 433 g/mol. The Morgan fingerprint density at radius 1 is 1.21 bits per heavy atom. The topological polar surface area (TPSA) is 118 Å². The normalized spacial score (nSPS) is 20.2. The first-order chi connectivity index (χ1) is 15.9. The van der Waals surface area contributed by atoms with Crippen LogP contribution in [0, 0.1) is 18.3 Å². The zero-order chi connectivity index (χ0) is 24.9. The van der Waals surface area contributed by atoms with Crippen molar-refractivity contribution in [1.29, 1.82) is 5.26 Å². The fourth-order valence-corrected chi connectivity index (χ4v) is 4.17. The lowest BCUT2D eigenvalue weighted by Crippen LogP contribution is -2.63. The van der Waals surface area contributed by atoms with Crippen LogP contribution < -0.4 is 15.7 Å². The van der Waals surface area contributed by atoms with Crippen molar-refractivity contribution >= 4 is 24.3 Å². The second-order valence-corrected chi connectivity index (χ2v) is 10.5. The number of hydrogen-bond acceptors (Lipinski definition) is 8. The van der Waals surface area contributed by atoms with Gasteiger partial charge in [0.25, 0.3) is 5.91 Å². The van der Waals surface area contributed by atoms with Crippen LogP contribution in [-0.2, 0) is 14.8 Å². The average Bonchev–Trinajstić information content (AvgIpc) is 3.20. The first kappa shape index (κ1) is 24.2. The number of amides is 1. The summed E-state index contributed by atoms with van der Waals surface area (Å²) in [7, 11) is -0.510.